The minimum atomic E-state index is -0.237. The summed E-state index contributed by atoms with van der Waals surface area (Å²) in [6.45, 7) is 3.66. The van der Waals surface area contributed by atoms with Gasteiger partial charge in [-0.1, -0.05) is 36.4 Å². The molecular weight excluding hydrogens is 276 g/mol. The van der Waals surface area contributed by atoms with E-state index in [2.05, 4.69) is 10.5 Å². The molecule has 0 aliphatic rings. The summed E-state index contributed by atoms with van der Waals surface area (Å²) in [5.74, 6) is 1.22. The minimum Gasteiger partial charge on any atom is -0.460 e. The fourth-order valence-corrected chi connectivity index (χ4v) is 2.30. The molecular formula is C18H16N2O2. The van der Waals surface area contributed by atoms with E-state index in [0.717, 1.165) is 16.5 Å². The third-order valence-corrected chi connectivity index (χ3v) is 3.46. The van der Waals surface area contributed by atoms with Crippen LogP contribution in [0.3, 0.4) is 0 Å². The highest BCUT2D eigenvalue weighted by Crippen LogP contribution is 2.18. The van der Waals surface area contributed by atoms with Crippen molar-refractivity contribution < 1.29 is 9.21 Å². The lowest BCUT2D eigenvalue weighted by Gasteiger charge is -2.05. The van der Waals surface area contributed by atoms with Crippen LogP contribution < -0.4 is 5.43 Å². The number of carbonyl (C=O) groups excluding carboxylic acids is 1. The summed E-state index contributed by atoms with van der Waals surface area (Å²) in [6.07, 6.45) is 0. The molecule has 0 unspecified atom stereocenters. The lowest BCUT2D eigenvalue weighted by molar-refractivity contribution is 0.0956. The Morgan fingerprint density at radius 3 is 2.59 bits per heavy atom. The van der Waals surface area contributed by atoms with Crippen LogP contribution in [0.2, 0.25) is 0 Å². The minimum absolute atomic E-state index is 0.237. The SMILES string of the molecule is C/C(=N\NC(=O)c1cccc2ccccc12)c1ccc(C)o1. The van der Waals surface area contributed by atoms with E-state index >= 15 is 0 Å². The molecule has 0 fully saturated rings. The second-order valence-corrected chi connectivity index (χ2v) is 5.08. The van der Waals surface area contributed by atoms with Crippen LogP contribution in [0.25, 0.3) is 10.8 Å². The molecule has 4 heteroatoms. The lowest BCUT2D eigenvalue weighted by Crippen LogP contribution is -2.19. The number of nitrogens with one attached hydrogen (secondary N) is 1. The molecule has 0 saturated heterocycles. The van der Waals surface area contributed by atoms with Gasteiger partial charge in [0.2, 0.25) is 0 Å². The van der Waals surface area contributed by atoms with E-state index in [1.807, 2.05) is 55.5 Å². The van der Waals surface area contributed by atoms with Gasteiger partial charge in [-0.25, -0.2) is 5.43 Å². The standard InChI is InChI=1S/C18H16N2O2/c1-12-10-11-17(22-12)13(2)19-20-18(21)16-9-5-7-14-6-3-4-8-15(14)16/h3-11H,1-2H3,(H,20,21)/b19-13+. The first kappa shape index (κ1) is 14.1. The number of fused-ring (bicyclic) bond motifs is 1. The van der Waals surface area contributed by atoms with Crippen molar-refractivity contribution in [2.75, 3.05) is 0 Å². The van der Waals surface area contributed by atoms with E-state index in [1.54, 1.807) is 13.0 Å². The number of hydrazone groups is 1. The largest absolute Gasteiger partial charge is 0.460 e. The van der Waals surface area contributed by atoms with Gasteiger partial charge < -0.3 is 4.42 Å². The summed E-state index contributed by atoms with van der Waals surface area (Å²) in [7, 11) is 0. The van der Waals surface area contributed by atoms with E-state index in [9.17, 15) is 4.79 Å². The molecule has 0 saturated carbocycles. The third-order valence-electron chi connectivity index (χ3n) is 3.46. The van der Waals surface area contributed by atoms with Gasteiger partial charge in [0.1, 0.15) is 17.2 Å². The Labute approximate surface area is 128 Å². The Kier molecular flexibility index (Phi) is 3.74. The van der Waals surface area contributed by atoms with Crippen LogP contribution in [0.4, 0.5) is 0 Å². The van der Waals surface area contributed by atoms with E-state index in [0.29, 0.717) is 17.0 Å². The second-order valence-electron chi connectivity index (χ2n) is 5.08. The summed E-state index contributed by atoms with van der Waals surface area (Å²) >= 11 is 0. The average Bonchev–Trinajstić information content (AvgIpc) is 2.98. The number of carbonyl (C=O) groups is 1. The molecule has 0 radical (unpaired) electrons. The van der Waals surface area contributed by atoms with Crippen molar-refractivity contribution in [2.45, 2.75) is 13.8 Å². The number of hydrogen-bond acceptors (Lipinski definition) is 3. The molecule has 0 spiro atoms. The summed E-state index contributed by atoms with van der Waals surface area (Å²) in [6, 6.07) is 17.1. The van der Waals surface area contributed by atoms with E-state index < -0.39 is 0 Å². The van der Waals surface area contributed by atoms with Crippen LogP contribution in [0.1, 0.15) is 28.8 Å². The zero-order chi connectivity index (χ0) is 15.5. The molecule has 0 bridgehead atoms. The van der Waals surface area contributed by atoms with Crippen molar-refractivity contribution in [3.05, 3.63) is 71.7 Å². The van der Waals surface area contributed by atoms with Crippen molar-refractivity contribution in [3.63, 3.8) is 0 Å². The van der Waals surface area contributed by atoms with Gasteiger partial charge in [0.05, 0.1) is 0 Å². The third kappa shape index (κ3) is 2.76. The molecule has 0 atom stereocenters. The number of nitrogens with zero attached hydrogens (tertiary/aromatic N) is 1. The lowest BCUT2D eigenvalue weighted by atomic mass is 10.0. The molecule has 1 amide bonds. The van der Waals surface area contributed by atoms with Gasteiger partial charge in [0, 0.05) is 5.56 Å². The van der Waals surface area contributed by atoms with Crippen LogP contribution in [0, 0.1) is 6.92 Å². The fraction of sp³-hybridized carbons (Fsp3) is 0.111. The van der Waals surface area contributed by atoms with E-state index in [-0.39, 0.29) is 5.91 Å². The molecule has 4 nitrogen and oxygen atoms in total. The van der Waals surface area contributed by atoms with Crippen LogP contribution >= 0.6 is 0 Å². The first-order chi connectivity index (χ1) is 10.6. The predicted octanol–water partition coefficient (Wildman–Crippen LogP) is 3.90. The van der Waals surface area contributed by atoms with Gasteiger partial charge in [-0.15, -0.1) is 0 Å². The van der Waals surface area contributed by atoms with Crippen molar-refractivity contribution in [2.24, 2.45) is 5.10 Å². The topological polar surface area (TPSA) is 54.6 Å². The maximum Gasteiger partial charge on any atom is 0.272 e. The Hall–Kier alpha value is -2.88. The van der Waals surface area contributed by atoms with Gasteiger partial charge in [-0.3, -0.25) is 4.79 Å². The molecule has 0 aliphatic heterocycles. The maximum atomic E-state index is 12.4. The quantitative estimate of drug-likeness (QED) is 0.588. The highest BCUT2D eigenvalue weighted by Gasteiger charge is 2.09. The first-order valence-electron chi connectivity index (χ1n) is 7.04. The summed E-state index contributed by atoms with van der Waals surface area (Å²) in [4.78, 5) is 12.4. The number of amides is 1. The number of benzene rings is 2. The molecule has 1 aromatic heterocycles. The smallest absolute Gasteiger partial charge is 0.272 e. The molecule has 110 valence electrons. The fourth-order valence-electron chi connectivity index (χ4n) is 2.30. The van der Waals surface area contributed by atoms with Crippen molar-refractivity contribution in [1.82, 2.24) is 5.43 Å². The number of hydrogen-bond donors (Lipinski definition) is 1. The molecule has 3 aromatic rings. The van der Waals surface area contributed by atoms with Crippen molar-refractivity contribution in [3.8, 4) is 0 Å². The second kappa shape index (κ2) is 5.85. The molecule has 0 aliphatic carbocycles. The molecule has 3 rings (SSSR count). The van der Waals surface area contributed by atoms with Crippen LogP contribution in [0.5, 0.6) is 0 Å². The normalized spacial score (nSPS) is 11.6. The zero-order valence-electron chi connectivity index (χ0n) is 12.5. The number of rotatable bonds is 3. The highest BCUT2D eigenvalue weighted by molar-refractivity contribution is 6.07. The zero-order valence-corrected chi connectivity index (χ0v) is 12.5. The van der Waals surface area contributed by atoms with Gasteiger partial charge in [0.15, 0.2) is 0 Å². The summed E-state index contributed by atoms with van der Waals surface area (Å²) < 4.78 is 5.47. The predicted molar refractivity (Wildman–Crippen MR) is 87.1 cm³/mol. The molecule has 2 aromatic carbocycles. The van der Waals surface area contributed by atoms with Crippen LogP contribution in [-0.4, -0.2) is 11.6 Å². The Morgan fingerprint density at radius 1 is 1.05 bits per heavy atom. The van der Waals surface area contributed by atoms with Gasteiger partial charge in [-0.05, 0) is 42.8 Å². The van der Waals surface area contributed by atoms with Gasteiger partial charge in [-0.2, -0.15) is 5.10 Å². The summed E-state index contributed by atoms with van der Waals surface area (Å²) in [5.41, 5.74) is 3.82. The number of aryl methyl sites for hydroxylation is 1. The average molecular weight is 292 g/mol. The first-order valence-corrected chi connectivity index (χ1v) is 7.04. The van der Waals surface area contributed by atoms with E-state index in [4.69, 9.17) is 4.42 Å². The molecule has 22 heavy (non-hydrogen) atoms. The molecule has 1 heterocycles. The van der Waals surface area contributed by atoms with Crippen LogP contribution in [0.15, 0.2) is 64.1 Å². The maximum absolute atomic E-state index is 12.4. The van der Waals surface area contributed by atoms with Gasteiger partial charge >= 0.3 is 0 Å². The Morgan fingerprint density at radius 2 is 1.82 bits per heavy atom. The van der Waals surface area contributed by atoms with Crippen molar-refractivity contribution in [1.29, 1.82) is 0 Å². The molecule has 1 N–H and O–H groups in total. The van der Waals surface area contributed by atoms with Crippen molar-refractivity contribution >= 4 is 22.4 Å². The van der Waals surface area contributed by atoms with E-state index in [1.165, 1.54) is 0 Å². The Bertz CT molecular complexity index is 857. The van der Waals surface area contributed by atoms with Crippen LogP contribution in [-0.2, 0) is 0 Å². The Balaban J connectivity index is 1.85. The summed E-state index contributed by atoms with van der Waals surface area (Å²) in [5, 5.41) is 6.05. The monoisotopic (exact) mass is 292 g/mol. The highest BCUT2D eigenvalue weighted by atomic mass is 16.3. The number of furan rings is 1. The van der Waals surface area contributed by atoms with Gasteiger partial charge in [0.25, 0.3) is 5.91 Å².